The van der Waals surface area contributed by atoms with Gasteiger partial charge in [0.05, 0.1) is 5.52 Å². The number of amides is 1. The standard InChI is InChI=1S/C21H22N2O3/c1-13(2)17-11-20(24)23-18-10-15(8-9-16(17)18)22-21(25)12-26-19-7-5-4-6-14(19)3/h4-11,13H,12H2,1-3H3,(H,22,25)(H,23,24). The van der Waals surface area contributed by atoms with E-state index in [1.165, 1.54) is 0 Å². The minimum atomic E-state index is -0.255. The van der Waals surface area contributed by atoms with Crippen molar-refractivity contribution in [2.75, 3.05) is 11.9 Å². The zero-order valence-electron chi connectivity index (χ0n) is 15.1. The van der Waals surface area contributed by atoms with Crippen LogP contribution in [0, 0.1) is 6.92 Å². The van der Waals surface area contributed by atoms with Gasteiger partial charge in [-0.1, -0.05) is 38.1 Å². The predicted octanol–water partition coefficient (Wildman–Crippen LogP) is 3.98. The normalized spacial score (nSPS) is 10.9. The van der Waals surface area contributed by atoms with Crippen molar-refractivity contribution in [1.29, 1.82) is 0 Å². The second kappa shape index (κ2) is 7.44. The summed E-state index contributed by atoms with van der Waals surface area (Å²) in [7, 11) is 0. The Labute approximate surface area is 152 Å². The Balaban J connectivity index is 1.75. The Kier molecular flexibility index (Phi) is 5.07. The van der Waals surface area contributed by atoms with E-state index in [2.05, 4.69) is 10.3 Å². The number of carbonyl (C=O) groups excluding carboxylic acids is 1. The van der Waals surface area contributed by atoms with E-state index in [1.807, 2.05) is 57.2 Å². The minimum Gasteiger partial charge on any atom is -0.483 e. The van der Waals surface area contributed by atoms with E-state index in [4.69, 9.17) is 4.74 Å². The van der Waals surface area contributed by atoms with E-state index in [-0.39, 0.29) is 24.0 Å². The third kappa shape index (κ3) is 3.94. The molecular weight excluding hydrogens is 328 g/mol. The van der Waals surface area contributed by atoms with E-state index >= 15 is 0 Å². The van der Waals surface area contributed by atoms with E-state index in [9.17, 15) is 9.59 Å². The summed E-state index contributed by atoms with van der Waals surface area (Å²) in [4.78, 5) is 26.9. The van der Waals surface area contributed by atoms with Gasteiger partial charge >= 0.3 is 0 Å². The first-order valence-corrected chi connectivity index (χ1v) is 8.59. The number of pyridine rings is 1. The number of hydrogen-bond donors (Lipinski definition) is 2. The lowest BCUT2D eigenvalue weighted by Crippen LogP contribution is -2.20. The van der Waals surface area contributed by atoms with E-state index in [1.54, 1.807) is 12.1 Å². The first-order chi connectivity index (χ1) is 12.4. The van der Waals surface area contributed by atoms with Crippen molar-refractivity contribution in [2.24, 2.45) is 0 Å². The highest BCUT2D eigenvalue weighted by molar-refractivity contribution is 5.95. The van der Waals surface area contributed by atoms with Gasteiger partial charge in [-0.15, -0.1) is 0 Å². The van der Waals surface area contributed by atoms with Gasteiger partial charge in [0.2, 0.25) is 5.56 Å². The number of hydrogen-bond acceptors (Lipinski definition) is 3. The summed E-state index contributed by atoms with van der Waals surface area (Å²) < 4.78 is 5.56. The first-order valence-electron chi connectivity index (χ1n) is 8.59. The van der Waals surface area contributed by atoms with Gasteiger partial charge in [-0.05, 0) is 42.2 Å². The molecule has 0 fully saturated rings. The van der Waals surface area contributed by atoms with Crippen LogP contribution in [0.3, 0.4) is 0 Å². The number of para-hydroxylation sites is 1. The lowest BCUT2D eigenvalue weighted by Gasteiger charge is -2.12. The summed E-state index contributed by atoms with van der Waals surface area (Å²) in [5.74, 6) is 0.671. The second-order valence-electron chi connectivity index (χ2n) is 6.61. The molecule has 0 radical (unpaired) electrons. The van der Waals surface area contributed by atoms with Crippen LogP contribution >= 0.6 is 0 Å². The molecule has 3 aromatic rings. The molecule has 0 spiro atoms. The van der Waals surface area contributed by atoms with Crippen LogP contribution in [0.4, 0.5) is 5.69 Å². The highest BCUT2D eigenvalue weighted by Gasteiger charge is 2.10. The van der Waals surface area contributed by atoms with Crippen LogP contribution in [0.25, 0.3) is 10.9 Å². The number of carbonyl (C=O) groups is 1. The van der Waals surface area contributed by atoms with Crippen LogP contribution in [0.5, 0.6) is 5.75 Å². The Hall–Kier alpha value is -3.08. The molecule has 3 rings (SSSR count). The number of aryl methyl sites for hydroxylation is 1. The van der Waals surface area contributed by atoms with E-state index in [0.717, 1.165) is 16.5 Å². The molecule has 1 aromatic heterocycles. The molecule has 0 saturated heterocycles. The molecule has 2 N–H and O–H groups in total. The van der Waals surface area contributed by atoms with Crippen LogP contribution in [0.15, 0.2) is 53.3 Å². The van der Waals surface area contributed by atoms with Gasteiger partial charge in [-0.3, -0.25) is 9.59 Å². The summed E-state index contributed by atoms with van der Waals surface area (Å²) in [5, 5.41) is 3.79. The van der Waals surface area contributed by atoms with Gasteiger partial charge in [0.1, 0.15) is 5.75 Å². The van der Waals surface area contributed by atoms with E-state index < -0.39 is 0 Å². The predicted molar refractivity (Wildman–Crippen MR) is 104 cm³/mol. The Morgan fingerprint density at radius 3 is 2.65 bits per heavy atom. The smallest absolute Gasteiger partial charge is 0.262 e. The van der Waals surface area contributed by atoms with Crippen LogP contribution in [0.1, 0.15) is 30.9 Å². The molecule has 0 aliphatic heterocycles. The molecule has 0 atom stereocenters. The number of rotatable bonds is 5. The fourth-order valence-corrected chi connectivity index (χ4v) is 2.90. The molecular formula is C21H22N2O3. The third-order valence-electron chi connectivity index (χ3n) is 4.23. The number of benzene rings is 2. The highest BCUT2D eigenvalue weighted by Crippen LogP contribution is 2.25. The Morgan fingerprint density at radius 2 is 1.92 bits per heavy atom. The fourth-order valence-electron chi connectivity index (χ4n) is 2.90. The van der Waals surface area contributed by atoms with Crippen molar-refractivity contribution >= 4 is 22.5 Å². The van der Waals surface area contributed by atoms with E-state index in [0.29, 0.717) is 17.0 Å². The molecule has 2 aromatic carbocycles. The summed E-state index contributed by atoms with van der Waals surface area (Å²) in [6.07, 6.45) is 0. The fraction of sp³-hybridized carbons (Fsp3) is 0.238. The van der Waals surface area contributed by atoms with Gasteiger partial charge in [-0.2, -0.15) is 0 Å². The number of anilines is 1. The van der Waals surface area contributed by atoms with Gasteiger partial charge in [0, 0.05) is 17.1 Å². The first kappa shape index (κ1) is 17.7. The van der Waals surface area contributed by atoms with Crippen molar-refractivity contribution in [2.45, 2.75) is 26.7 Å². The molecule has 5 nitrogen and oxygen atoms in total. The van der Waals surface area contributed by atoms with Gasteiger partial charge in [-0.25, -0.2) is 0 Å². The monoisotopic (exact) mass is 350 g/mol. The van der Waals surface area contributed by atoms with Crippen LogP contribution in [-0.4, -0.2) is 17.5 Å². The zero-order valence-corrected chi connectivity index (χ0v) is 15.1. The average molecular weight is 350 g/mol. The van der Waals surface area contributed by atoms with Crippen LogP contribution in [-0.2, 0) is 4.79 Å². The number of fused-ring (bicyclic) bond motifs is 1. The summed E-state index contributed by atoms with van der Waals surface area (Å²) >= 11 is 0. The van der Waals surface area contributed by atoms with Crippen molar-refractivity contribution in [3.05, 3.63) is 70.0 Å². The maximum absolute atomic E-state index is 12.2. The Morgan fingerprint density at radius 1 is 1.15 bits per heavy atom. The lowest BCUT2D eigenvalue weighted by molar-refractivity contribution is -0.118. The highest BCUT2D eigenvalue weighted by atomic mass is 16.5. The maximum atomic E-state index is 12.2. The third-order valence-corrected chi connectivity index (χ3v) is 4.23. The molecule has 0 unspecified atom stereocenters. The molecule has 1 heterocycles. The number of aromatic nitrogens is 1. The topological polar surface area (TPSA) is 71.2 Å². The van der Waals surface area contributed by atoms with Crippen LogP contribution < -0.4 is 15.6 Å². The molecule has 134 valence electrons. The average Bonchev–Trinajstić information content (AvgIpc) is 2.60. The number of H-pyrrole nitrogens is 1. The maximum Gasteiger partial charge on any atom is 0.262 e. The number of aromatic amines is 1. The van der Waals surface area contributed by atoms with Gasteiger partial charge < -0.3 is 15.0 Å². The summed E-state index contributed by atoms with van der Waals surface area (Å²) in [5.41, 5.74) is 3.15. The quantitative estimate of drug-likeness (QED) is 0.731. The molecule has 5 heteroatoms. The number of nitrogens with one attached hydrogen (secondary N) is 2. The molecule has 0 bridgehead atoms. The van der Waals surface area contributed by atoms with Crippen molar-refractivity contribution in [3.8, 4) is 5.75 Å². The molecule has 1 amide bonds. The molecule has 0 aliphatic rings. The Bertz CT molecular complexity index is 1010. The zero-order chi connectivity index (χ0) is 18.7. The molecule has 26 heavy (non-hydrogen) atoms. The lowest BCUT2D eigenvalue weighted by atomic mass is 9.99. The van der Waals surface area contributed by atoms with Crippen molar-refractivity contribution < 1.29 is 9.53 Å². The SMILES string of the molecule is Cc1ccccc1OCC(=O)Nc1ccc2c(C(C)C)cc(=O)[nH]c2c1. The molecule has 0 aliphatic carbocycles. The largest absolute Gasteiger partial charge is 0.483 e. The second-order valence-corrected chi connectivity index (χ2v) is 6.61. The van der Waals surface area contributed by atoms with Gasteiger partial charge in [0.15, 0.2) is 6.61 Å². The van der Waals surface area contributed by atoms with Crippen molar-refractivity contribution in [1.82, 2.24) is 4.98 Å². The van der Waals surface area contributed by atoms with Gasteiger partial charge in [0.25, 0.3) is 5.91 Å². The number of ether oxygens (including phenoxy) is 1. The van der Waals surface area contributed by atoms with Crippen molar-refractivity contribution in [3.63, 3.8) is 0 Å². The minimum absolute atomic E-state index is 0.0779. The van der Waals surface area contributed by atoms with Crippen LogP contribution in [0.2, 0.25) is 0 Å². The molecule has 0 saturated carbocycles. The summed E-state index contributed by atoms with van der Waals surface area (Å²) in [6.45, 7) is 5.95. The summed E-state index contributed by atoms with van der Waals surface area (Å²) in [6, 6.07) is 14.7.